The maximum Gasteiger partial charge on any atom is 0.246 e. The van der Waals surface area contributed by atoms with E-state index in [1.54, 1.807) is 12.3 Å². The number of halogens is 1. The molecule has 1 saturated heterocycles. The zero-order chi connectivity index (χ0) is 15.5. The van der Waals surface area contributed by atoms with E-state index in [0.717, 1.165) is 32.0 Å². The van der Waals surface area contributed by atoms with E-state index >= 15 is 0 Å². The van der Waals surface area contributed by atoms with Crippen LogP contribution < -0.4 is 4.90 Å². The van der Waals surface area contributed by atoms with Gasteiger partial charge < -0.3 is 9.80 Å². The fourth-order valence-corrected chi connectivity index (χ4v) is 2.25. The van der Waals surface area contributed by atoms with Crippen LogP contribution in [0.1, 0.15) is 20.8 Å². The number of amides is 1. The Bertz CT molecular complexity index is 511. The molecule has 1 aromatic rings. The van der Waals surface area contributed by atoms with Crippen molar-refractivity contribution in [1.82, 2.24) is 9.88 Å². The van der Waals surface area contributed by atoms with Gasteiger partial charge in [-0.3, -0.25) is 4.79 Å². The molecule has 0 spiro atoms. The first-order chi connectivity index (χ1) is 9.85. The summed E-state index contributed by atoms with van der Waals surface area (Å²) in [6, 6.07) is 3.76. The van der Waals surface area contributed by atoms with E-state index in [2.05, 4.69) is 30.7 Å². The first kappa shape index (κ1) is 15.8. The number of rotatable bonds is 2. The van der Waals surface area contributed by atoms with E-state index in [1.165, 1.54) is 0 Å². The SMILES string of the molecule is CC(C)(C)/C=C/C(=O)N1CCN(c2ccc(Cl)cn2)CC1. The Hall–Kier alpha value is -1.55. The molecule has 5 heteroatoms. The number of aromatic nitrogens is 1. The van der Waals surface area contributed by atoms with Crippen molar-refractivity contribution < 1.29 is 4.79 Å². The topological polar surface area (TPSA) is 36.4 Å². The molecule has 1 aromatic heterocycles. The third-order valence-corrected chi connectivity index (χ3v) is 3.58. The van der Waals surface area contributed by atoms with Crippen molar-refractivity contribution in [2.75, 3.05) is 31.1 Å². The Labute approximate surface area is 131 Å². The second-order valence-corrected chi connectivity index (χ2v) is 6.78. The molecule has 1 aliphatic rings. The quantitative estimate of drug-likeness (QED) is 0.788. The first-order valence-corrected chi connectivity index (χ1v) is 7.58. The maximum atomic E-state index is 12.1. The van der Waals surface area contributed by atoms with Crippen molar-refractivity contribution in [1.29, 1.82) is 0 Å². The molecule has 0 bridgehead atoms. The lowest BCUT2D eigenvalue weighted by Crippen LogP contribution is -2.48. The Morgan fingerprint density at radius 2 is 1.90 bits per heavy atom. The van der Waals surface area contributed by atoms with Crippen LogP contribution in [0.4, 0.5) is 5.82 Å². The third kappa shape index (κ3) is 4.74. The molecule has 0 saturated carbocycles. The van der Waals surface area contributed by atoms with Gasteiger partial charge in [0.1, 0.15) is 5.82 Å². The molecule has 0 aliphatic carbocycles. The molecule has 1 aliphatic heterocycles. The summed E-state index contributed by atoms with van der Waals surface area (Å²) in [5.74, 6) is 1.00. The number of hydrogen-bond donors (Lipinski definition) is 0. The van der Waals surface area contributed by atoms with Gasteiger partial charge >= 0.3 is 0 Å². The minimum atomic E-state index is 0.0324. The maximum absolute atomic E-state index is 12.1. The van der Waals surface area contributed by atoms with E-state index in [4.69, 9.17) is 11.6 Å². The largest absolute Gasteiger partial charge is 0.353 e. The predicted molar refractivity (Wildman–Crippen MR) is 86.6 cm³/mol. The summed E-state index contributed by atoms with van der Waals surface area (Å²) in [5.41, 5.74) is 0.0324. The summed E-state index contributed by atoms with van der Waals surface area (Å²) in [7, 11) is 0. The molecule has 0 radical (unpaired) electrons. The van der Waals surface area contributed by atoms with E-state index in [9.17, 15) is 4.79 Å². The van der Waals surface area contributed by atoms with E-state index in [1.807, 2.05) is 23.1 Å². The molecular formula is C16H22ClN3O. The van der Waals surface area contributed by atoms with Crippen LogP contribution >= 0.6 is 11.6 Å². The number of nitrogens with zero attached hydrogens (tertiary/aromatic N) is 3. The van der Waals surface area contributed by atoms with Gasteiger partial charge in [0, 0.05) is 32.4 Å². The summed E-state index contributed by atoms with van der Waals surface area (Å²) >= 11 is 5.85. The van der Waals surface area contributed by atoms with Crippen LogP contribution in [-0.4, -0.2) is 42.0 Å². The van der Waals surface area contributed by atoms with Gasteiger partial charge in [-0.25, -0.2) is 4.98 Å². The van der Waals surface area contributed by atoms with Crippen molar-refractivity contribution in [2.24, 2.45) is 5.41 Å². The minimum Gasteiger partial charge on any atom is -0.353 e. The molecule has 4 nitrogen and oxygen atoms in total. The van der Waals surface area contributed by atoms with Crippen molar-refractivity contribution >= 4 is 23.3 Å². The standard InChI is InChI=1S/C16H22ClN3O/c1-16(2,3)7-6-15(21)20-10-8-19(9-11-20)14-5-4-13(17)12-18-14/h4-7,12H,8-11H2,1-3H3/b7-6+. The highest BCUT2D eigenvalue weighted by Gasteiger charge is 2.20. The molecule has 2 heterocycles. The summed E-state index contributed by atoms with van der Waals surface area (Å²) in [6.45, 7) is 9.28. The Kier molecular flexibility index (Phi) is 4.88. The molecule has 114 valence electrons. The molecule has 21 heavy (non-hydrogen) atoms. The molecule has 0 N–H and O–H groups in total. The highest BCUT2D eigenvalue weighted by Crippen LogP contribution is 2.17. The Balaban J connectivity index is 1.90. The van der Waals surface area contributed by atoms with Crippen LogP contribution in [-0.2, 0) is 4.79 Å². The number of hydrogen-bond acceptors (Lipinski definition) is 3. The molecule has 2 rings (SSSR count). The van der Waals surface area contributed by atoms with Gasteiger partial charge in [0.15, 0.2) is 0 Å². The summed E-state index contributed by atoms with van der Waals surface area (Å²) in [4.78, 5) is 20.5. The molecular weight excluding hydrogens is 286 g/mol. The third-order valence-electron chi connectivity index (χ3n) is 3.35. The van der Waals surface area contributed by atoms with Gasteiger partial charge in [-0.1, -0.05) is 38.4 Å². The number of allylic oxidation sites excluding steroid dienone is 1. The second kappa shape index (κ2) is 6.48. The number of carbonyl (C=O) groups excluding carboxylic acids is 1. The van der Waals surface area contributed by atoms with Gasteiger partial charge in [-0.2, -0.15) is 0 Å². The van der Waals surface area contributed by atoms with Crippen molar-refractivity contribution in [3.8, 4) is 0 Å². The van der Waals surface area contributed by atoms with Crippen LogP contribution in [0.5, 0.6) is 0 Å². The fourth-order valence-electron chi connectivity index (χ4n) is 2.14. The monoisotopic (exact) mass is 307 g/mol. The number of piperazine rings is 1. The van der Waals surface area contributed by atoms with Gasteiger partial charge in [0.05, 0.1) is 5.02 Å². The van der Waals surface area contributed by atoms with E-state index < -0.39 is 0 Å². The van der Waals surface area contributed by atoms with Crippen LogP contribution in [0.25, 0.3) is 0 Å². The summed E-state index contributed by atoms with van der Waals surface area (Å²) in [5, 5.41) is 0.639. The lowest BCUT2D eigenvalue weighted by atomic mass is 9.96. The average molecular weight is 308 g/mol. The molecule has 0 unspecified atom stereocenters. The fraction of sp³-hybridized carbons (Fsp3) is 0.500. The Morgan fingerprint density at radius 3 is 2.43 bits per heavy atom. The highest BCUT2D eigenvalue weighted by atomic mass is 35.5. The summed E-state index contributed by atoms with van der Waals surface area (Å²) < 4.78 is 0. The lowest BCUT2D eigenvalue weighted by molar-refractivity contribution is -0.126. The highest BCUT2D eigenvalue weighted by molar-refractivity contribution is 6.30. The molecule has 1 fully saturated rings. The zero-order valence-electron chi connectivity index (χ0n) is 12.8. The van der Waals surface area contributed by atoms with Gasteiger partial charge in [-0.15, -0.1) is 0 Å². The molecule has 0 atom stereocenters. The van der Waals surface area contributed by atoms with Crippen molar-refractivity contribution in [3.05, 3.63) is 35.5 Å². The smallest absolute Gasteiger partial charge is 0.246 e. The van der Waals surface area contributed by atoms with Crippen LogP contribution in [0, 0.1) is 5.41 Å². The number of carbonyl (C=O) groups is 1. The summed E-state index contributed by atoms with van der Waals surface area (Å²) in [6.07, 6.45) is 5.30. The number of pyridine rings is 1. The minimum absolute atomic E-state index is 0.0324. The normalized spacial score (nSPS) is 16.6. The molecule has 1 amide bonds. The predicted octanol–water partition coefficient (Wildman–Crippen LogP) is 2.99. The van der Waals surface area contributed by atoms with Crippen LogP contribution in [0.15, 0.2) is 30.5 Å². The molecule has 0 aromatic carbocycles. The average Bonchev–Trinajstić information content (AvgIpc) is 2.45. The van der Waals surface area contributed by atoms with E-state index in [-0.39, 0.29) is 11.3 Å². The second-order valence-electron chi connectivity index (χ2n) is 6.35. The first-order valence-electron chi connectivity index (χ1n) is 7.20. The van der Waals surface area contributed by atoms with Crippen LogP contribution in [0.2, 0.25) is 5.02 Å². The lowest BCUT2D eigenvalue weighted by Gasteiger charge is -2.35. The Morgan fingerprint density at radius 1 is 1.24 bits per heavy atom. The number of anilines is 1. The van der Waals surface area contributed by atoms with Gasteiger partial charge in [0.25, 0.3) is 0 Å². The van der Waals surface area contributed by atoms with Gasteiger partial charge in [0.2, 0.25) is 5.91 Å². The van der Waals surface area contributed by atoms with Crippen molar-refractivity contribution in [2.45, 2.75) is 20.8 Å². The van der Waals surface area contributed by atoms with Crippen LogP contribution in [0.3, 0.4) is 0 Å². The zero-order valence-corrected chi connectivity index (χ0v) is 13.6. The van der Waals surface area contributed by atoms with Gasteiger partial charge in [-0.05, 0) is 23.6 Å². The van der Waals surface area contributed by atoms with E-state index in [0.29, 0.717) is 5.02 Å². The van der Waals surface area contributed by atoms with Crippen molar-refractivity contribution in [3.63, 3.8) is 0 Å².